The number of furan rings is 1. The number of nitrogens with one attached hydrogen (secondary N) is 1. The van der Waals surface area contributed by atoms with Crippen molar-refractivity contribution in [2.75, 3.05) is 13.1 Å². The highest BCUT2D eigenvalue weighted by molar-refractivity contribution is 7.98. The third kappa shape index (κ3) is 4.14. The van der Waals surface area contributed by atoms with Crippen molar-refractivity contribution in [3.8, 4) is 0 Å². The van der Waals surface area contributed by atoms with Crippen LogP contribution < -0.4 is 5.32 Å². The summed E-state index contributed by atoms with van der Waals surface area (Å²) in [6.07, 6.45) is 4.14. The molecule has 0 unspecified atom stereocenters. The van der Waals surface area contributed by atoms with Gasteiger partial charge in [0.15, 0.2) is 10.9 Å². The molecule has 1 fully saturated rings. The summed E-state index contributed by atoms with van der Waals surface area (Å²) in [6, 6.07) is 5.27. The molecule has 3 heterocycles. The highest BCUT2D eigenvalue weighted by atomic mass is 32.2. The van der Waals surface area contributed by atoms with Gasteiger partial charge < -0.3 is 14.6 Å². The van der Waals surface area contributed by atoms with Crippen LogP contribution in [0.2, 0.25) is 0 Å². The molecule has 1 atom stereocenters. The lowest BCUT2D eigenvalue weighted by atomic mass is 10.2. The van der Waals surface area contributed by atoms with Crippen LogP contribution in [0.3, 0.4) is 0 Å². The minimum absolute atomic E-state index is 0.0201. The number of nitrogens with zero attached hydrogens (tertiary/aromatic N) is 3. The lowest BCUT2D eigenvalue weighted by molar-refractivity contribution is -0.119. The van der Waals surface area contributed by atoms with Crippen LogP contribution in [0.25, 0.3) is 0 Å². The third-order valence-corrected chi connectivity index (χ3v) is 4.54. The van der Waals surface area contributed by atoms with E-state index in [1.54, 1.807) is 35.5 Å². The standard InChI is InChI=1S/C16H18N4O3S/c1-11(21)19-12-5-8-20(9-12)15(22)14-4-3-13(23-14)10-24-16-17-6-2-7-18-16/h2-4,6-7,12H,5,8-10H2,1H3,(H,19,21)/t12-/m0/s1. The molecule has 3 rings (SSSR count). The number of carbonyl (C=O) groups is 2. The first-order chi connectivity index (χ1) is 11.6. The smallest absolute Gasteiger partial charge is 0.289 e. The number of rotatable bonds is 5. The summed E-state index contributed by atoms with van der Waals surface area (Å²) in [5, 5.41) is 3.51. The molecule has 0 saturated carbocycles. The van der Waals surface area contributed by atoms with Crippen LogP contribution in [0.5, 0.6) is 0 Å². The maximum Gasteiger partial charge on any atom is 0.289 e. The van der Waals surface area contributed by atoms with E-state index in [0.717, 1.165) is 6.42 Å². The number of carbonyl (C=O) groups excluding carboxylic acids is 2. The van der Waals surface area contributed by atoms with Crippen molar-refractivity contribution in [2.24, 2.45) is 0 Å². The zero-order valence-corrected chi connectivity index (χ0v) is 14.1. The van der Waals surface area contributed by atoms with E-state index in [2.05, 4.69) is 15.3 Å². The van der Waals surface area contributed by atoms with E-state index in [1.807, 2.05) is 0 Å². The molecular formula is C16H18N4O3S. The Balaban J connectivity index is 1.55. The Kier molecular flexibility index (Phi) is 5.14. The van der Waals surface area contributed by atoms with E-state index in [0.29, 0.717) is 35.5 Å². The molecule has 126 valence electrons. The number of amides is 2. The molecule has 7 nitrogen and oxygen atoms in total. The monoisotopic (exact) mass is 346 g/mol. The SMILES string of the molecule is CC(=O)N[C@H]1CCN(C(=O)c2ccc(CSc3ncccn3)o2)C1. The molecule has 2 aromatic heterocycles. The first-order valence-electron chi connectivity index (χ1n) is 7.67. The summed E-state index contributed by atoms with van der Waals surface area (Å²) in [7, 11) is 0. The van der Waals surface area contributed by atoms with Crippen LogP contribution >= 0.6 is 11.8 Å². The highest BCUT2D eigenvalue weighted by Gasteiger charge is 2.28. The zero-order valence-electron chi connectivity index (χ0n) is 13.3. The second kappa shape index (κ2) is 7.48. The molecule has 1 aliphatic heterocycles. The van der Waals surface area contributed by atoms with Gasteiger partial charge in [-0.25, -0.2) is 9.97 Å². The van der Waals surface area contributed by atoms with Crippen LogP contribution in [0.4, 0.5) is 0 Å². The Labute approximate surface area is 143 Å². The van der Waals surface area contributed by atoms with Gasteiger partial charge in [-0.05, 0) is 24.6 Å². The van der Waals surface area contributed by atoms with Gasteiger partial charge in [0.1, 0.15) is 5.76 Å². The predicted molar refractivity (Wildman–Crippen MR) is 88.4 cm³/mol. The number of likely N-dealkylation sites (tertiary alicyclic amines) is 1. The molecule has 0 radical (unpaired) electrons. The van der Waals surface area contributed by atoms with E-state index in [1.165, 1.54) is 18.7 Å². The lowest BCUT2D eigenvalue weighted by Crippen LogP contribution is -2.37. The van der Waals surface area contributed by atoms with Gasteiger partial charge in [0.05, 0.1) is 5.75 Å². The molecule has 0 aliphatic carbocycles. The van der Waals surface area contributed by atoms with Crippen molar-refractivity contribution in [1.82, 2.24) is 20.2 Å². The number of hydrogen-bond acceptors (Lipinski definition) is 6. The minimum atomic E-state index is -0.143. The summed E-state index contributed by atoms with van der Waals surface area (Å²) in [4.78, 5) is 33.5. The Morgan fingerprint density at radius 3 is 2.92 bits per heavy atom. The van der Waals surface area contributed by atoms with Gasteiger partial charge in [0.25, 0.3) is 5.91 Å². The Bertz CT molecular complexity index is 719. The van der Waals surface area contributed by atoms with Crippen LogP contribution in [-0.2, 0) is 10.5 Å². The van der Waals surface area contributed by atoms with E-state index >= 15 is 0 Å². The molecule has 1 aliphatic rings. The van der Waals surface area contributed by atoms with Gasteiger partial charge in [-0.1, -0.05) is 11.8 Å². The molecule has 24 heavy (non-hydrogen) atoms. The summed E-state index contributed by atoms with van der Waals surface area (Å²) in [6.45, 7) is 2.62. The van der Waals surface area contributed by atoms with E-state index in [4.69, 9.17) is 4.42 Å². The average Bonchev–Trinajstić information content (AvgIpc) is 3.22. The third-order valence-electron chi connectivity index (χ3n) is 3.64. The topological polar surface area (TPSA) is 88.3 Å². The van der Waals surface area contributed by atoms with Gasteiger partial charge in [0, 0.05) is 38.4 Å². The fraction of sp³-hybridized carbons (Fsp3) is 0.375. The average molecular weight is 346 g/mol. The maximum atomic E-state index is 12.5. The van der Waals surface area contributed by atoms with Crippen LogP contribution in [0.15, 0.2) is 40.2 Å². The van der Waals surface area contributed by atoms with Gasteiger partial charge in [-0.3, -0.25) is 9.59 Å². The number of thioether (sulfide) groups is 1. The molecule has 2 amide bonds. The van der Waals surface area contributed by atoms with Crippen molar-refractivity contribution < 1.29 is 14.0 Å². The summed E-state index contributed by atoms with van der Waals surface area (Å²) in [5.74, 6) is 1.37. The second-order valence-electron chi connectivity index (χ2n) is 5.52. The normalized spacial score (nSPS) is 17.0. The zero-order chi connectivity index (χ0) is 16.9. The minimum Gasteiger partial charge on any atom is -0.455 e. The molecule has 1 saturated heterocycles. The van der Waals surface area contributed by atoms with Gasteiger partial charge >= 0.3 is 0 Å². The molecule has 0 bridgehead atoms. The largest absolute Gasteiger partial charge is 0.455 e. The predicted octanol–water partition coefficient (Wildman–Crippen LogP) is 1.71. The molecule has 2 aromatic rings. The van der Waals surface area contributed by atoms with Crippen LogP contribution in [0, 0.1) is 0 Å². The molecule has 1 N–H and O–H groups in total. The summed E-state index contributed by atoms with van der Waals surface area (Å²) in [5.41, 5.74) is 0. The molecular weight excluding hydrogens is 328 g/mol. The second-order valence-corrected chi connectivity index (χ2v) is 6.47. The lowest BCUT2D eigenvalue weighted by Gasteiger charge is -2.15. The molecule has 0 spiro atoms. The first-order valence-corrected chi connectivity index (χ1v) is 8.65. The van der Waals surface area contributed by atoms with Crippen LogP contribution in [0.1, 0.15) is 29.7 Å². The van der Waals surface area contributed by atoms with Crippen molar-refractivity contribution in [1.29, 1.82) is 0 Å². The quantitative estimate of drug-likeness (QED) is 0.655. The number of hydrogen-bond donors (Lipinski definition) is 1. The number of aromatic nitrogens is 2. The van der Waals surface area contributed by atoms with Gasteiger partial charge in [-0.15, -0.1) is 0 Å². The Hall–Kier alpha value is -2.35. The summed E-state index contributed by atoms with van der Waals surface area (Å²) < 4.78 is 5.64. The maximum absolute atomic E-state index is 12.5. The van der Waals surface area contributed by atoms with Crippen molar-refractivity contribution >= 4 is 23.6 Å². The molecule has 8 heteroatoms. The fourth-order valence-electron chi connectivity index (χ4n) is 2.57. The van der Waals surface area contributed by atoms with Gasteiger partial charge in [-0.2, -0.15) is 0 Å². The summed E-state index contributed by atoms with van der Waals surface area (Å²) >= 11 is 1.45. The highest BCUT2D eigenvalue weighted by Crippen LogP contribution is 2.21. The Morgan fingerprint density at radius 2 is 2.17 bits per heavy atom. The van der Waals surface area contributed by atoms with Crippen LogP contribution in [-0.4, -0.2) is 45.8 Å². The van der Waals surface area contributed by atoms with E-state index < -0.39 is 0 Å². The van der Waals surface area contributed by atoms with Crippen molar-refractivity contribution in [2.45, 2.75) is 30.3 Å². The fourth-order valence-corrected chi connectivity index (χ4v) is 3.27. The van der Waals surface area contributed by atoms with Gasteiger partial charge in [0.2, 0.25) is 5.91 Å². The Morgan fingerprint density at radius 1 is 1.38 bits per heavy atom. The van der Waals surface area contributed by atoms with Crippen molar-refractivity contribution in [3.63, 3.8) is 0 Å². The van der Waals surface area contributed by atoms with E-state index in [-0.39, 0.29) is 17.9 Å². The first kappa shape index (κ1) is 16.5. The molecule has 0 aromatic carbocycles. The van der Waals surface area contributed by atoms with E-state index in [9.17, 15) is 9.59 Å². The van der Waals surface area contributed by atoms with Crippen molar-refractivity contribution in [3.05, 3.63) is 42.1 Å².